The van der Waals surface area contributed by atoms with Crippen LogP contribution in [0.4, 0.5) is 10.1 Å². The van der Waals surface area contributed by atoms with Gasteiger partial charge >= 0.3 is 0 Å². The summed E-state index contributed by atoms with van der Waals surface area (Å²) in [6.45, 7) is 3.06. The van der Waals surface area contributed by atoms with Crippen LogP contribution in [0.15, 0.2) is 24.3 Å². The van der Waals surface area contributed by atoms with E-state index in [1.165, 1.54) is 12.1 Å². The number of carbonyl (C=O) groups excluding carboxylic acids is 1. The van der Waals surface area contributed by atoms with Crippen molar-refractivity contribution in [3.05, 3.63) is 30.1 Å². The van der Waals surface area contributed by atoms with E-state index in [-0.39, 0.29) is 17.8 Å². The minimum absolute atomic E-state index is 0.0706. The Bertz CT molecular complexity index is 503. The Labute approximate surface area is 129 Å². The van der Waals surface area contributed by atoms with E-state index in [1.807, 2.05) is 0 Å². The lowest BCUT2D eigenvalue weighted by Gasteiger charge is -2.34. The number of anilines is 1. The van der Waals surface area contributed by atoms with Crippen LogP contribution in [0.2, 0.25) is 0 Å². The first kappa shape index (κ1) is 15.2. The Balaban J connectivity index is 1.57. The molecule has 1 aromatic carbocycles. The molecule has 1 amide bonds. The van der Waals surface area contributed by atoms with Gasteiger partial charge in [0.25, 0.3) is 5.91 Å². The maximum Gasteiger partial charge on any atom is 0.251 e. The van der Waals surface area contributed by atoms with Crippen LogP contribution in [-0.4, -0.2) is 51.0 Å². The molecule has 1 N–H and O–H groups in total. The molecule has 2 fully saturated rings. The average Bonchev–Trinajstić information content (AvgIpc) is 2.56. The number of carbonyl (C=O) groups is 1. The number of hydrogen-bond donors (Lipinski definition) is 1. The molecule has 2 heterocycles. The van der Waals surface area contributed by atoms with E-state index in [4.69, 9.17) is 9.47 Å². The standard InChI is InChI=1S/C16H21FN2O3/c17-12-1-3-14(4-2-12)19-7-10-22-15(11-19)16(20)18-13-5-8-21-9-6-13/h1-4,13,15H,5-11H2,(H,18,20)/t15-/m1/s1. The van der Waals surface area contributed by atoms with Gasteiger partial charge in [0, 0.05) is 31.5 Å². The molecule has 120 valence electrons. The minimum atomic E-state index is -0.485. The molecule has 0 unspecified atom stereocenters. The van der Waals surface area contributed by atoms with Gasteiger partial charge in [-0.05, 0) is 37.1 Å². The van der Waals surface area contributed by atoms with Gasteiger partial charge < -0.3 is 19.7 Å². The molecule has 2 aliphatic heterocycles. The number of nitrogens with zero attached hydrogens (tertiary/aromatic N) is 1. The van der Waals surface area contributed by atoms with Crippen LogP contribution in [0, 0.1) is 5.82 Å². The molecule has 5 nitrogen and oxygen atoms in total. The Morgan fingerprint density at radius 3 is 2.64 bits per heavy atom. The van der Waals surface area contributed by atoms with Gasteiger partial charge in [-0.25, -0.2) is 4.39 Å². The predicted molar refractivity (Wildman–Crippen MR) is 80.3 cm³/mol. The molecule has 0 saturated carbocycles. The first-order chi connectivity index (χ1) is 10.7. The highest BCUT2D eigenvalue weighted by atomic mass is 19.1. The number of benzene rings is 1. The Hall–Kier alpha value is -1.66. The normalized spacial score (nSPS) is 23.3. The van der Waals surface area contributed by atoms with Gasteiger partial charge in [-0.2, -0.15) is 0 Å². The lowest BCUT2D eigenvalue weighted by molar-refractivity contribution is -0.134. The Kier molecular flexibility index (Phi) is 4.90. The quantitative estimate of drug-likeness (QED) is 0.915. The third kappa shape index (κ3) is 3.75. The van der Waals surface area contributed by atoms with Crippen molar-refractivity contribution in [2.75, 3.05) is 37.8 Å². The summed E-state index contributed by atoms with van der Waals surface area (Å²) in [6, 6.07) is 6.50. The first-order valence-electron chi connectivity index (χ1n) is 7.72. The molecule has 22 heavy (non-hydrogen) atoms. The summed E-state index contributed by atoms with van der Waals surface area (Å²) in [5.41, 5.74) is 0.911. The van der Waals surface area contributed by atoms with Gasteiger partial charge in [-0.1, -0.05) is 0 Å². The summed E-state index contributed by atoms with van der Waals surface area (Å²) in [5, 5.41) is 3.04. The molecule has 2 aliphatic rings. The van der Waals surface area contributed by atoms with Gasteiger partial charge in [0.2, 0.25) is 0 Å². The zero-order valence-corrected chi connectivity index (χ0v) is 12.5. The molecule has 1 atom stereocenters. The van der Waals surface area contributed by atoms with E-state index in [0.29, 0.717) is 32.9 Å². The monoisotopic (exact) mass is 308 g/mol. The van der Waals surface area contributed by atoms with Crippen molar-refractivity contribution in [1.82, 2.24) is 5.32 Å². The van der Waals surface area contributed by atoms with Crippen molar-refractivity contribution in [2.24, 2.45) is 0 Å². The maximum absolute atomic E-state index is 13.0. The number of morpholine rings is 1. The maximum atomic E-state index is 13.0. The van der Waals surface area contributed by atoms with E-state index in [2.05, 4.69) is 10.2 Å². The van der Waals surface area contributed by atoms with Gasteiger partial charge in [0.05, 0.1) is 13.2 Å². The van der Waals surface area contributed by atoms with E-state index in [1.54, 1.807) is 12.1 Å². The molecular formula is C16H21FN2O3. The highest BCUT2D eigenvalue weighted by Gasteiger charge is 2.28. The summed E-state index contributed by atoms with van der Waals surface area (Å²) in [6.07, 6.45) is 1.21. The molecular weight excluding hydrogens is 287 g/mol. The predicted octanol–water partition coefficient (Wildman–Crippen LogP) is 1.33. The van der Waals surface area contributed by atoms with E-state index < -0.39 is 6.10 Å². The lowest BCUT2D eigenvalue weighted by atomic mass is 10.1. The fraction of sp³-hybridized carbons (Fsp3) is 0.562. The van der Waals surface area contributed by atoms with Gasteiger partial charge in [0.1, 0.15) is 5.82 Å². The third-order valence-corrected chi connectivity index (χ3v) is 4.12. The first-order valence-corrected chi connectivity index (χ1v) is 7.72. The van der Waals surface area contributed by atoms with Crippen LogP contribution in [0.5, 0.6) is 0 Å². The topological polar surface area (TPSA) is 50.8 Å². The fourth-order valence-corrected chi connectivity index (χ4v) is 2.83. The highest BCUT2D eigenvalue weighted by Crippen LogP contribution is 2.18. The van der Waals surface area contributed by atoms with Crippen LogP contribution in [0.1, 0.15) is 12.8 Å². The molecule has 0 radical (unpaired) electrons. The van der Waals surface area contributed by atoms with E-state index >= 15 is 0 Å². The van der Waals surface area contributed by atoms with Crippen molar-refractivity contribution in [1.29, 1.82) is 0 Å². The summed E-state index contributed by atoms with van der Waals surface area (Å²) in [7, 11) is 0. The van der Waals surface area contributed by atoms with Crippen molar-refractivity contribution >= 4 is 11.6 Å². The lowest BCUT2D eigenvalue weighted by Crippen LogP contribution is -2.52. The summed E-state index contributed by atoms with van der Waals surface area (Å²) < 4.78 is 23.9. The third-order valence-electron chi connectivity index (χ3n) is 4.12. The van der Waals surface area contributed by atoms with Crippen LogP contribution < -0.4 is 10.2 Å². The zero-order valence-electron chi connectivity index (χ0n) is 12.5. The summed E-state index contributed by atoms with van der Waals surface area (Å²) in [5.74, 6) is -0.329. The van der Waals surface area contributed by atoms with Crippen molar-refractivity contribution < 1.29 is 18.7 Å². The number of ether oxygens (including phenoxy) is 2. The van der Waals surface area contributed by atoms with Crippen LogP contribution in [0.25, 0.3) is 0 Å². The molecule has 0 spiro atoms. The van der Waals surface area contributed by atoms with Gasteiger partial charge in [-0.15, -0.1) is 0 Å². The SMILES string of the molecule is O=C(NC1CCOCC1)[C@H]1CN(c2ccc(F)cc2)CCO1. The molecule has 3 rings (SSSR count). The van der Waals surface area contributed by atoms with Crippen LogP contribution >= 0.6 is 0 Å². The zero-order chi connectivity index (χ0) is 15.4. The average molecular weight is 308 g/mol. The molecule has 0 bridgehead atoms. The molecule has 0 aliphatic carbocycles. The number of amides is 1. The fourth-order valence-electron chi connectivity index (χ4n) is 2.83. The number of hydrogen-bond acceptors (Lipinski definition) is 4. The van der Waals surface area contributed by atoms with Gasteiger partial charge in [0.15, 0.2) is 6.10 Å². The number of halogens is 1. The van der Waals surface area contributed by atoms with Crippen molar-refractivity contribution in [2.45, 2.75) is 25.0 Å². The highest BCUT2D eigenvalue weighted by molar-refractivity contribution is 5.82. The summed E-state index contributed by atoms with van der Waals surface area (Å²) >= 11 is 0. The molecule has 1 aromatic rings. The van der Waals surface area contributed by atoms with Crippen molar-refractivity contribution in [3.63, 3.8) is 0 Å². The van der Waals surface area contributed by atoms with Crippen LogP contribution in [0.3, 0.4) is 0 Å². The second-order valence-electron chi connectivity index (χ2n) is 5.68. The Morgan fingerprint density at radius 1 is 1.18 bits per heavy atom. The largest absolute Gasteiger partial charge is 0.381 e. The van der Waals surface area contributed by atoms with Crippen LogP contribution in [-0.2, 0) is 14.3 Å². The molecule has 2 saturated heterocycles. The van der Waals surface area contributed by atoms with E-state index in [9.17, 15) is 9.18 Å². The van der Waals surface area contributed by atoms with Gasteiger partial charge in [-0.3, -0.25) is 4.79 Å². The number of rotatable bonds is 3. The van der Waals surface area contributed by atoms with Crippen molar-refractivity contribution in [3.8, 4) is 0 Å². The summed E-state index contributed by atoms with van der Waals surface area (Å²) in [4.78, 5) is 14.4. The smallest absolute Gasteiger partial charge is 0.251 e. The molecule has 0 aromatic heterocycles. The minimum Gasteiger partial charge on any atom is -0.381 e. The second kappa shape index (κ2) is 7.07. The second-order valence-corrected chi connectivity index (χ2v) is 5.68. The Morgan fingerprint density at radius 2 is 1.91 bits per heavy atom. The molecule has 6 heteroatoms. The number of nitrogens with one attached hydrogen (secondary N) is 1. The van der Waals surface area contributed by atoms with E-state index in [0.717, 1.165) is 18.5 Å².